The topological polar surface area (TPSA) is 0 Å². The van der Waals surface area contributed by atoms with E-state index in [-0.39, 0.29) is 0 Å². The highest BCUT2D eigenvalue weighted by molar-refractivity contribution is 7.69. The Hall–Kier alpha value is 0.324. The van der Waals surface area contributed by atoms with Crippen LogP contribution in [0.4, 0.5) is 0 Å². The third-order valence-corrected chi connectivity index (χ3v) is 10.8. The molecule has 2 aromatic carbocycles. The molecule has 0 bridgehead atoms. The quantitative estimate of drug-likeness (QED) is 0.521. The minimum atomic E-state index is -3.00. The lowest BCUT2D eigenvalue weighted by atomic mass is 10.1. The molecule has 0 N–H and O–H groups in total. The van der Waals surface area contributed by atoms with Crippen molar-refractivity contribution >= 4 is 83.7 Å². The largest absolute Gasteiger partial charge is 0.373 e. The third-order valence-electron chi connectivity index (χ3n) is 3.24. The number of hydrogen-bond acceptors (Lipinski definition) is 0. The second-order valence-corrected chi connectivity index (χ2v) is 18.9. The summed E-state index contributed by atoms with van der Waals surface area (Å²) in [4.78, 5) is 0. The molecule has 0 amide bonds. The smallest absolute Gasteiger partial charge is 0.134 e. The summed E-state index contributed by atoms with van der Waals surface area (Å²) in [5, 5.41) is 2.66. The van der Waals surface area contributed by atoms with Crippen LogP contribution in [0.25, 0.3) is 11.1 Å². The molecule has 19 heavy (non-hydrogen) atoms. The maximum atomic E-state index is 6.64. The van der Waals surface area contributed by atoms with Crippen molar-refractivity contribution in [2.45, 2.75) is 0 Å². The van der Waals surface area contributed by atoms with Crippen LogP contribution in [0.1, 0.15) is 0 Å². The lowest BCUT2D eigenvalue weighted by Gasteiger charge is -2.16. The fourth-order valence-corrected chi connectivity index (χ4v) is 8.81. The lowest BCUT2D eigenvalue weighted by Crippen LogP contribution is -2.46. The molecule has 0 spiro atoms. The Labute approximate surface area is 136 Å². The fraction of sp³-hybridized carbons (Fsp3) is 0. The average molecular weight is 385 g/mol. The van der Waals surface area contributed by atoms with Crippen molar-refractivity contribution in [3.63, 3.8) is 0 Å². The van der Waals surface area contributed by atoms with Gasteiger partial charge in [-0.3, -0.25) is 0 Å². The predicted octanol–water partition coefficient (Wildman–Crippen LogP) is 3.56. The van der Waals surface area contributed by atoms with E-state index in [9.17, 15) is 0 Å². The summed E-state index contributed by atoms with van der Waals surface area (Å²) in [6, 6.07) is 10.5. The highest BCUT2D eigenvalue weighted by atomic mass is 35.8. The monoisotopic (exact) mass is 382 g/mol. The second kappa shape index (κ2) is 4.67. The van der Waals surface area contributed by atoms with Crippen molar-refractivity contribution in [2.24, 2.45) is 0 Å². The highest BCUT2D eigenvalue weighted by Crippen LogP contribution is 2.34. The SMILES string of the molecule is Cl[Si](Cl)(Cl)c1cccc2c1-c1ccccc1[Si]2(Cl)Cl. The van der Waals surface area contributed by atoms with E-state index in [1.165, 1.54) is 0 Å². The van der Waals surface area contributed by atoms with Crippen molar-refractivity contribution in [3.05, 3.63) is 42.5 Å². The summed E-state index contributed by atoms with van der Waals surface area (Å²) in [6.07, 6.45) is 0. The van der Waals surface area contributed by atoms with Gasteiger partial charge < -0.3 is 0 Å². The van der Waals surface area contributed by atoms with E-state index in [1.54, 1.807) is 0 Å². The zero-order chi connectivity index (χ0) is 13.8. The molecular weight excluding hydrogens is 378 g/mol. The van der Waals surface area contributed by atoms with E-state index in [2.05, 4.69) is 0 Å². The molecule has 0 saturated heterocycles. The zero-order valence-corrected chi connectivity index (χ0v) is 15.2. The van der Waals surface area contributed by atoms with E-state index in [1.807, 2.05) is 42.5 Å². The van der Waals surface area contributed by atoms with Gasteiger partial charge in [0.25, 0.3) is 0 Å². The molecule has 0 nitrogen and oxygen atoms in total. The van der Waals surface area contributed by atoms with Crippen LogP contribution in [-0.4, -0.2) is 12.7 Å². The van der Waals surface area contributed by atoms with E-state index in [0.717, 1.165) is 26.7 Å². The molecule has 0 unspecified atom stereocenters. The van der Waals surface area contributed by atoms with E-state index < -0.39 is 12.7 Å². The van der Waals surface area contributed by atoms with Gasteiger partial charge in [-0.25, -0.2) is 0 Å². The third kappa shape index (κ3) is 2.18. The Morgan fingerprint density at radius 1 is 0.789 bits per heavy atom. The maximum Gasteiger partial charge on any atom is 0.373 e. The molecule has 0 atom stereocenters. The molecule has 0 radical (unpaired) electrons. The Bertz CT molecular complexity index is 663. The van der Waals surface area contributed by atoms with E-state index in [4.69, 9.17) is 55.4 Å². The van der Waals surface area contributed by atoms with Gasteiger partial charge in [-0.2, -0.15) is 0 Å². The maximum absolute atomic E-state index is 6.64. The molecule has 0 saturated carbocycles. The molecular formula is C12H7Cl5Si2. The van der Waals surface area contributed by atoms with Gasteiger partial charge in [-0.1, -0.05) is 42.5 Å². The van der Waals surface area contributed by atoms with E-state index in [0.29, 0.717) is 0 Å². The minimum Gasteiger partial charge on any atom is -0.134 e. The van der Waals surface area contributed by atoms with Gasteiger partial charge in [0, 0.05) is 0 Å². The van der Waals surface area contributed by atoms with Crippen molar-refractivity contribution in [1.29, 1.82) is 0 Å². The van der Waals surface area contributed by atoms with Gasteiger partial charge in [-0.05, 0) is 26.7 Å². The molecule has 0 aromatic heterocycles. The van der Waals surface area contributed by atoms with Crippen LogP contribution in [0.2, 0.25) is 0 Å². The van der Waals surface area contributed by atoms with Gasteiger partial charge in [0.05, 0.1) is 0 Å². The molecule has 0 fully saturated rings. The van der Waals surface area contributed by atoms with Crippen molar-refractivity contribution in [3.8, 4) is 11.1 Å². The molecule has 1 aliphatic heterocycles. The number of fused-ring (bicyclic) bond motifs is 3. The molecule has 3 rings (SSSR count). The van der Waals surface area contributed by atoms with Gasteiger partial charge in [-0.15, -0.1) is 55.4 Å². The molecule has 1 aliphatic rings. The van der Waals surface area contributed by atoms with Crippen LogP contribution in [0.15, 0.2) is 42.5 Å². The van der Waals surface area contributed by atoms with Crippen LogP contribution in [0.5, 0.6) is 0 Å². The number of hydrogen-bond donors (Lipinski definition) is 0. The number of rotatable bonds is 1. The Morgan fingerprint density at radius 3 is 2.11 bits per heavy atom. The van der Waals surface area contributed by atoms with Gasteiger partial charge >= 0.3 is 12.7 Å². The summed E-state index contributed by atoms with van der Waals surface area (Å²) in [7, 11) is 0. The van der Waals surface area contributed by atoms with Gasteiger partial charge in [0.15, 0.2) is 0 Å². The normalized spacial score (nSPS) is 16.1. The molecule has 98 valence electrons. The molecule has 1 heterocycles. The number of halogens is 5. The molecule has 2 aromatic rings. The highest BCUT2D eigenvalue weighted by Gasteiger charge is 2.46. The van der Waals surface area contributed by atoms with Gasteiger partial charge in [0.1, 0.15) is 0 Å². The first-order valence-electron chi connectivity index (χ1n) is 5.52. The van der Waals surface area contributed by atoms with Crippen LogP contribution in [0, 0.1) is 0 Å². The zero-order valence-electron chi connectivity index (χ0n) is 9.43. The van der Waals surface area contributed by atoms with Crippen LogP contribution >= 0.6 is 55.4 Å². The first-order chi connectivity index (χ1) is 8.83. The number of benzene rings is 2. The van der Waals surface area contributed by atoms with Crippen molar-refractivity contribution < 1.29 is 0 Å². The summed E-state index contributed by atoms with van der Waals surface area (Å²) in [5.74, 6) is 0. The Morgan fingerprint density at radius 2 is 1.42 bits per heavy atom. The summed E-state index contributed by atoms with van der Waals surface area (Å²) in [5.41, 5.74) is 1.94. The lowest BCUT2D eigenvalue weighted by molar-refractivity contribution is 1.74. The summed E-state index contributed by atoms with van der Waals surface area (Å²) < 4.78 is 0. The predicted molar refractivity (Wildman–Crippen MR) is 91.6 cm³/mol. The fourth-order valence-electron chi connectivity index (χ4n) is 2.46. The summed E-state index contributed by atoms with van der Waals surface area (Å²) >= 11 is 31.9. The Kier molecular flexibility index (Phi) is 3.51. The van der Waals surface area contributed by atoms with Crippen LogP contribution < -0.4 is 15.6 Å². The van der Waals surface area contributed by atoms with Crippen LogP contribution in [-0.2, 0) is 0 Å². The van der Waals surface area contributed by atoms with E-state index >= 15 is 0 Å². The Balaban J connectivity index is 2.41. The second-order valence-electron chi connectivity index (χ2n) is 4.35. The molecule has 7 heteroatoms. The average Bonchev–Trinajstić information content (AvgIpc) is 2.59. The van der Waals surface area contributed by atoms with Crippen LogP contribution in [0.3, 0.4) is 0 Å². The first kappa shape index (κ1) is 14.3. The van der Waals surface area contributed by atoms with Crippen molar-refractivity contribution in [2.75, 3.05) is 0 Å². The van der Waals surface area contributed by atoms with Gasteiger partial charge in [0.2, 0.25) is 0 Å². The summed E-state index contributed by atoms with van der Waals surface area (Å²) in [6.45, 7) is -2.70. The molecule has 0 aliphatic carbocycles. The van der Waals surface area contributed by atoms with Crippen molar-refractivity contribution in [1.82, 2.24) is 0 Å². The standard InChI is InChI=1S/C12H7Cl5Si2/c13-18(14)9-5-2-1-4-8(9)12-10(18)6-3-7-11(12)19(15,16)17/h1-7H. The minimum absolute atomic E-state index is 0.762. The first-order valence-corrected chi connectivity index (χ1v) is 14.6.